The van der Waals surface area contributed by atoms with Crippen molar-refractivity contribution in [2.45, 2.75) is 46.1 Å². The molecular weight excluding hydrogens is 312 g/mol. The van der Waals surface area contributed by atoms with E-state index in [4.69, 9.17) is 4.74 Å². The zero-order valence-electron chi connectivity index (χ0n) is 16.1. The molecule has 5 nitrogen and oxygen atoms in total. The fourth-order valence-electron chi connectivity index (χ4n) is 3.16. The van der Waals surface area contributed by atoms with Gasteiger partial charge in [0.05, 0.1) is 6.54 Å². The Kier molecular flexibility index (Phi) is 8.60. The molecule has 0 atom stereocenters. The first-order valence-corrected chi connectivity index (χ1v) is 9.68. The van der Waals surface area contributed by atoms with Crippen LogP contribution in [0.3, 0.4) is 0 Å². The Bertz CT molecular complexity index is 524. The molecule has 2 rings (SSSR count). The predicted molar refractivity (Wildman–Crippen MR) is 106 cm³/mol. The van der Waals surface area contributed by atoms with Gasteiger partial charge in [0.1, 0.15) is 12.4 Å². The molecule has 0 saturated carbocycles. The lowest BCUT2D eigenvalue weighted by Gasteiger charge is -2.32. The quantitative estimate of drug-likeness (QED) is 0.432. The maximum absolute atomic E-state index is 5.83. The minimum absolute atomic E-state index is 0.517. The number of nitrogens with one attached hydrogen (secondary N) is 2. The molecular formula is C20H34N4O. The van der Waals surface area contributed by atoms with Crippen molar-refractivity contribution in [3.8, 4) is 5.75 Å². The lowest BCUT2D eigenvalue weighted by Crippen LogP contribution is -2.48. The van der Waals surface area contributed by atoms with E-state index in [0.717, 1.165) is 23.8 Å². The third-order valence-electron chi connectivity index (χ3n) is 4.52. The SMILES string of the molecule is CCCN1CCC(NC(=NCCOc2ccccc2C)NCC)CC1. The van der Waals surface area contributed by atoms with Gasteiger partial charge in [-0.3, -0.25) is 0 Å². The number of hydrogen-bond donors (Lipinski definition) is 2. The smallest absolute Gasteiger partial charge is 0.191 e. The van der Waals surface area contributed by atoms with Gasteiger partial charge >= 0.3 is 0 Å². The van der Waals surface area contributed by atoms with E-state index in [1.54, 1.807) is 0 Å². The molecule has 1 aromatic rings. The van der Waals surface area contributed by atoms with Gasteiger partial charge in [0.15, 0.2) is 5.96 Å². The number of likely N-dealkylation sites (tertiary alicyclic amines) is 1. The van der Waals surface area contributed by atoms with Crippen LogP contribution < -0.4 is 15.4 Å². The first-order valence-electron chi connectivity index (χ1n) is 9.68. The molecule has 1 heterocycles. The second-order valence-electron chi connectivity index (χ2n) is 6.63. The van der Waals surface area contributed by atoms with Gasteiger partial charge < -0.3 is 20.3 Å². The summed E-state index contributed by atoms with van der Waals surface area (Å²) in [6, 6.07) is 8.62. The third-order valence-corrected chi connectivity index (χ3v) is 4.52. The van der Waals surface area contributed by atoms with Gasteiger partial charge in [-0.15, -0.1) is 0 Å². The Morgan fingerprint density at radius 2 is 2.00 bits per heavy atom. The van der Waals surface area contributed by atoms with Crippen molar-refractivity contribution in [2.24, 2.45) is 4.99 Å². The molecule has 0 radical (unpaired) electrons. The second-order valence-corrected chi connectivity index (χ2v) is 6.63. The van der Waals surface area contributed by atoms with Crippen LogP contribution in [0.1, 0.15) is 38.7 Å². The summed E-state index contributed by atoms with van der Waals surface area (Å²) < 4.78 is 5.83. The number of rotatable bonds is 8. The van der Waals surface area contributed by atoms with Crippen LogP contribution in [-0.2, 0) is 0 Å². The summed E-state index contributed by atoms with van der Waals surface area (Å²) in [4.78, 5) is 7.22. The normalized spacial score (nSPS) is 16.7. The Balaban J connectivity index is 1.75. The van der Waals surface area contributed by atoms with Crippen molar-refractivity contribution in [1.82, 2.24) is 15.5 Å². The minimum atomic E-state index is 0.517. The number of benzene rings is 1. The van der Waals surface area contributed by atoms with Gasteiger partial charge in [0.25, 0.3) is 0 Å². The molecule has 1 aliphatic heterocycles. The molecule has 0 unspecified atom stereocenters. The highest BCUT2D eigenvalue weighted by molar-refractivity contribution is 5.80. The van der Waals surface area contributed by atoms with E-state index >= 15 is 0 Å². The molecule has 0 aliphatic carbocycles. The Morgan fingerprint density at radius 3 is 2.68 bits per heavy atom. The van der Waals surface area contributed by atoms with Crippen molar-refractivity contribution in [3.05, 3.63) is 29.8 Å². The number of aryl methyl sites for hydroxylation is 1. The molecule has 2 N–H and O–H groups in total. The average Bonchev–Trinajstić information content (AvgIpc) is 2.62. The van der Waals surface area contributed by atoms with Crippen molar-refractivity contribution in [2.75, 3.05) is 39.3 Å². The largest absolute Gasteiger partial charge is 0.491 e. The van der Waals surface area contributed by atoms with E-state index in [9.17, 15) is 0 Å². The van der Waals surface area contributed by atoms with E-state index in [-0.39, 0.29) is 0 Å². The third kappa shape index (κ3) is 6.94. The highest BCUT2D eigenvalue weighted by Crippen LogP contribution is 2.15. The summed E-state index contributed by atoms with van der Waals surface area (Å²) in [6.07, 6.45) is 3.61. The van der Waals surface area contributed by atoms with Gasteiger partial charge in [0.2, 0.25) is 0 Å². The predicted octanol–water partition coefficient (Wildman–Crippen LogP) is 2.80. The Hall–Kier alpha value is -1.75. The van der Waals surface area contributed by atoms with Crippen LogP contribution in [0.25, 0.3) is 0 Å². The molecule has 0 amide bonds. The highest BCUT2D eigenvalue weighted by Gasteiger charge is 2.19. The fourth-order valence-corrected chi connectivity index (χ4v) is 3.16. The zero-order chi connectivity index (χ0) is 17.9. The van der Waals surface area contributed by atoms with Crippen molar-refractivity contribution < 1.29 is 4.74 Å². The van der Waals surface area contributed by atoms with Crippen molar-refractivity contribution in [1.29, 1.82) is 0 Å². The first kappa shape index (κ1) is 19.6. The Labute approximate surface area is 152 Å². The molecule has 1 saturated heterocycles. The summed E-state index contributed by atoms with van der Waals surface area (Å²) in [7, 11) is 0. The van der Waals surface area contributed by atoms with Crippen molar-refractivity contribution >= 4 is 5.96 Å². The summed E-state index contributed by atoms with van der Waals surface area (Å²) in [6.45, 7) is 12.1. The maximum Gasteiger partial charge on any atom is 0.191 e. The van der Waals surface area contributed by atoms with Gasteiger partial charge in [-0.2, -0.15) is 0 Å². The minimum Gasteiger partial charge on any atom is -0.491 e. The van der Waals surface area contributed by atoms with Crippen LogP contribution in [0.2, 0.25) is 0 Å². The molecule has 1 aliphatic rings. The number of piperidine rings is 1. The lowest BCUT2D eigenvalue weighted by molar-refractivity contribution is 0.206. The number of hydrogen-bond acceptors (Lipinski definition) is 3. The van der Waals surface area contributed by atoms with E-state index in [1.165, 1.54) is 38.9 Å². The second kappa shape index (κ2) is 11.0. The van der Waals surface area contributed by atoms with Crippen LogP contribution >= 0.6 is 0 Å². The van der Waals surface area contributed by atoms with E-state index < -0.39 is 0 Å². The monoisotopic (exact) mass is 346 g/mol. The maximum atomic E-state index is 5.83. The van der Waals surface area contributed by atoms with Gasteiger partial charge in [0, 0.05) is 25.7 Å². The average molecular weight is 347 g/mol. The number of para-hydroxylation sites is 1. The summed E-state index contributed by atoms with van der Waals surface area (Å²) in [5.74, 6) is 1.85. The van der Waals surface area contributed by atoms with Crippen LogP contribution in [0, 0.1) is 6.92 Å². The van der Waals surface area contributed by atoms with E-state index in [0.29, 0.717) is 19.2 Å². The fraction of sp³-hybridized carbons (Fsp3) is 0.650. The van der Waals surface area contributed by atoms with Gasteiger partial charge in [-0.1, -0.05) is 25.1 Å². The number of aliphatic imine (C=N–C) groups is 1. The summed E-state index contributed by atoms with van der Waals surface area (Å²) in [5.41, 5.74) is 1.16. The van der Waals surface area contributed by atoms with Crippen molar-refractivity contribution in [3.63, 3.8) is 0 Å². The first-order chi connectivity index (χ1) is 12.2. The van der Waals surface area contributed by atoms with Crippen LogP contribution in [-0.4, -0.2) is 56.2 Å². The topological polar surface area (TPSA) is 48.9 Å². The molecule has 0 spiro atoms. The van der Waals surface area contributed by atoms with Gasteiger partial charge in [-0.05, 0) is 51.3 Å². The summed E-state index contributed by atoms with van der Waals surface area (Å²) in [5, 5.41) is 6.93. The number of guanidine groups is 1. The molecule has 25 heavy (non-hydrogen) atoms. The molecule has 1 fully saturated rings. The van der Waals surface area contributed by atoms with Crippen LogP contribution in [0.5, 0.6) is 5.75 Å². The zero-order valence-corrected chi connectivity index (χ0v) is 16.1. The highest BCUT2D eigenvalue weighted by atomic mass is 16.5. The molecule has 5 heteroatoms. The van der Waals surface area contributed by atoms with Crippen LogP contribution in [0.4, 0.5) is 0 Å². The van der Waals surface area contributed by atoms with Crippen LogP contribution in [0.15, 0.2) is 29.3 Å². The van der Waals surface area contributed by atoms with E-state index in [2.05, 4.69) is 47.4 Å². The molecule has 0 bridgehead atoms. The van der Waals surface area contributed by atoms with Gasteiger partial charge in [-0.25, -0.2) is 4.99 Å². The Morgan fingerprint density at radius 1 is 1.24 bits per heavy atom. The number of nitrogens with zero attached hydrogens (tertiary/aromatic N) is 2. The molecule has 140 valence electrons. The lowest BCUT2D eigenvalue weighted by atomic mass is 10.1. The number of ether oxygens (including phenoxy) is 1. The molecule has 1 aromatic carbocycles. The summed E-state index contributed by atoms with van der Waals surface area (Å²) >= 11 is 0. The van der Waals surface area contributed by atoms with E-state index in [1.807, 2.05) is 18.2 Å². The molecule has 0 aromatic heterocycles. The standard InChI is InChI=1S/C20H34N4O/c1-4-13-24-14-10-18(11-15-24)23-20(21-5-2)22-12-16-25-19-9-7-6-8-17(19)3/h6-9,18H,4-5,10-16H2,1-3H3,(H2,21,22,23).